The van der Waals surface area contributed by atoms with Crippen LogP contribution in [0.15, 0.2) is 12.1 Å². The molecular weight excluding hydrogens is 242 g/mol. The summed E-state index contributed by atoms with van der Waals surface area (Å²) in [5.74, 6) is -0.841. The molecule has 0 saturated carbocycles. The molecule has 0 aliphatic heterocycles. The number of nitrogens with zero attached hydrogens (tertiary/aromatic N) is 1. The maximum Gasteiger partial charge on any atom is 0.338 e. The monoisotopic (exact) mass is 254 g/mol. The van der Waals surface area contributed by atoms with Gasteiger partial charge in [-0.15, -0.1) is 0 Å². The minimum Gasteiger partial charge on any atom is -0.462 e. The van der Waals surface area contributed by atoms with E-state index in [9.17, 15) is 13.6 Å². The second-order valence-corrected chi connectivity index (χ2v) is 3.39. The van der Waals surface area contributed by atoms with E-state index in [0.717, 1.165) is 6.07 Å². The lowest BCUT2D eigenvalue weighted by atomic mass is 9.96. The smallest absolute Gasteiger partial charge is 0.338 e. The number of rotatable bonds is 4. The van der Waals surface area contributed by atoms with Crippen molar-refractivity contribution in [2.75, 3.05) is 6.61 Å². The molecule has 0 radical (unpaired) electrons. The topological polar surface area (TPSA) is 76.1 Å². The second kappa shape index (κ2) is 6.07. The van der Waals surface area contributed by atoms with E-state index in [0.29, 0.717) is 0 Å². The Morgan fingerprint density at radius 2 is 2.22 bits per heavy atom. The van der Waals surface area contributed by atoms with Crippen molar-refractivity contribution in [3.63, 3.8) is 0 Å². The van der Waals surface area contributed by atoms with E-state index in [1.807, 2.05) is 0 Å². The molecule has 1 aromatic rings. The highest BCUT2D eigenvalue weighted by atomic mass is 19.3. The maximum atomic E-state index is 13.0. The number of esters is 1. The first-order valence-electron chi connectivity index (χ1n) is 5.28. The zero-order valence-corrected chi connectivity index (χ0v) is 9.74. The molecule has 1 aromatic carbocycles. The molecule has 0 fully saturated rings. The number of hydrogen-bond donors (Lipinski definition) is 1. The van der Waals surface area contributed by atoms with Crippen molar-refractivity contribution in [3.05, 3.63) is 34.4 Å². The van der Waals surface area contributed by atoms with Crippen molar-refractivity contribution in [1.82, 2.24) is 0 Å². The molecule has 2 N–H and O–H groups in total. The van der Waals surface area contributed by atoms with Crippen LogP contribution >= 0.6 is 0 Å². The summed E-state index contributed by atoms with van der Waals surface area (Å²) >= 11 is 0. The number of carbonyl (C=O) groups excluding carboxylic acids is 1. The van der Waals surface area contributed by atoms with E-state index in [4.69, 9.17) is 15.7 Å². The largest absolute Gasteiger partial charge is 0.462 e. The molecule has 0 saturated heterocycles. The number of benzene rings is 1. The Hall–Kier alpha value is -2.00. The number of halogens is 2. The van der Waals surface area contributed by atoms with Gasteiger partial charge < -0.3 is 10.5 Å². The van der Waals surface area contributed by atoms with Gasteiger partial charge in [0.1, 0.15) is 0 Å². The number of carbonyl (C=O) groups is 1. The van der Waals surface area contributed by atoms with Gasteiger partial charge in [0.05, 0.1) is 23.8 Å². The van der Waals surface area contributed by atoms with Gasteiger partial charge in [-0.2, -0.15) is 5.26 Å². The summed E-state index contributed by atoms with van der Waals surface area (Å²) in [6.45, 7) is 1.42. The predicted molar refractivity (Wildman–Crippen MR) is 60.0 cm³/mol. The Kier molecular flexibility index (Phi) is 4.75. The molecule has 0 amide bonds. The highest BCUT2D eigenvalue weighted by molar-refractivity contribution is 5.92. The Morgan fingerprint density at radius 3 is 2.67 bits per heavy atom. The summed E-state index contributed by atoms with van der Waals surface area (Å²) in [6, 6.07) is 4.23. The van der Waals surface area contributed by atoms with Crippen molar-refractivity contribution >= 4 is 5.97 Å². The molecule has 0 aromatic heterocycles. The van der Waals surface area contributed by atoms with E-state index in [1.54, 1.807) is 13.0 Å². The Labute approximate surface area is 103 Å². The number of ether oxygens (including phenoxy) is 1. The summed E-state index contributed by atoms with van der Waals surface area (Å²) in [7, 11) is 0. The van der Waals surface area contributed by atoms with Crippen LogP contribution in [0.1, 0.15) is 40.4 Å². The fourth-order valence-electron chi connectivity index (χ4n) is 1.63. The van der Waals surface area contributed by atoms with Crippen LogP contribution in [-0.4, -0.2) is 12.6 Å². The standard InChI is InChI=1S/C12H12F2N2O2/c1-2-18-12(17)8-4-3-7(5-15)9(6-16)10(8)11(13)14/h3-4,11H,2,6,16H2,1H3. The molecule has 4 nitrogen and oxygen atoms in total. The molecule has 96 valence electrons. The molecule has 0 bridgehead atoms. The third kappa shape index (κ3) is 2.63. The first kappa shape index (κ1) is 14.1. The van der Waals surface area contributed by atoms with Gasteiger partial charge in [0.2, 0.25) is 0 Å². The number of nitrogens with two attached hydrogens (primary N) is 1. The van der Waals surface area contributed by atoms with E-state index in [1.165, 1.54) is 6.07 Å². The van der Waals surface area contributed by atoms with Crippen molar-refractivity contribution < 1.29 is 18.3 Å². The lowest BCUT2D eigenvalue weighted by molar-refractivity contribution is 0.0515. The zero-order valence-electron chi connectivity index (χ0n) is 9.74. The molecule has 0 unspecified atom stereocenters. The van der Waals surface area contributed by atoms with Crippen molar-refractivity contribution in [1.29, 1.82) is 5.26 Å². The summed E-state index contributed by atoms with van der Waals surface area (Å²) in [6.07, 6.45) is -2.89. The first-order valence-corrected chi connectivity index (χ1v) is 5.28. The summed E-state index contributed by atoms with van der Waals surface area (Å²) in [5.41, 5.74) is 4.64. The van der Waals surface area contributed by atoms with Crippen LogP contribution in [0.25, 0.3) is 0 Å². The molecular formula is C12H12F2N2O2. The van der Waals surface area contributed by atoms with Gasteiger partial charge in [-0.3, -0.25) is 0 Å². The maximum absolute atomic E-state index is 13.0. The number of nitriles is 1. The molecule has 0 aliphatic rings. The minimum absolute atomic E-state index is 0.0157. The lowest BCUT2D eigenvalue weighted by Gasteiger charge is -2.13. The van der Waals surface area contributed by atoms with Crippen LogP contribution in [0, 0.1) is 11.3 Å². The van der Waals surface area contributed by atoms with Crippen LogP contribution in [0.4, 0.5) is 8.78 Å². The van der Waals surface area contributed by atoms with E-state index < -0.39 is 18.0 Å². The second-order valence-electron chi connectivity index (χ2n) is 3.39. The summed E-state index contributed by atoms with van der Waals surface area (Å²) in [5, 5.41) is 8.82. The minimum atomic E-state index is -2.89. The molecule has 6 heteroatoms. The number of alkyl halides is 2. The molecule has 1 rings (SSSR count). The van der Waals surface area contributed by atoms with Crippen LogP contribution in [0.3, 0.4) is 0 Å². The van der Waals surface area contributed by atoms with Gasteiger partial charge in [-0.25, -0.2) is 13.6 Å². The van der Waals surface area contributed by atoms with Gasteiger partial charge >= 0.3 is 5.97 Å². The summed E-state index contributed by atoms with van der Waals surface area (Å²) < 4.78 is 30.7. The highest BCUT2D eigenvalue weighted by Gasteiger charge is 2.24. The zero-order chi connectivity index (χ0) is 13.7. The van der Waals surface area contributed by atoms with Crippen molar-refractivity contribution in [2.24, 2.45) is 5.73 Å². The highest BCUT2D eigenvalue weighted by Crippen LogP contribution is 2.29. The molecule has 0 spiro atoms. The molecule has 0 heterocycles. The molecule has 0 atom stereocenters. The van der Waals surface area contributed by atoms with E-state index >= 15 is 0 Å². The average molecular weight is 254 g/mol. The van der Waals surface area contributed by atoms with Crippen LogP contribution in [0.2, 0.25) is 0 Å². The van der Waals surface area contributed by atoms with Gasteiger partial charge in [0.15, 0.2) is 0 Å². The van der Waals surface area contributed by atoms with E-state index in [2.05, 4.69) is 0 Å². The fourth-order valence-corrected chi connectivity index (χ4v) is 1.63. The van der Waals surface area contributed by atoms with Gasteiger partial charge in [0, 0.05) is 12.1 Å². The van der Waals surface area contributed by atoms with Crippen LogP contribution < -0.4 is 5.73 Å². The Bertz CT molecular complexity index is 496. The van der Waals surface area contributed by atoms with Gasteiger partial charge in [-0.05, 0) is 24.6 Å². The SMILES string of the molecule is CCOC(=O)c1ccc(C#N)c(CN)c1C(F)F. The Morgan fingerprint density at radius 1 is 1.56 bits per heavy atom. The summed E-state index contributed by atoms with van der Waals surface area (Å²) in [4.78, 5) is 11.6. The average Bonchev–Trinajstić information content (AvgIpc) is 2.36. The quantitative estimate of drug-likeness (QED) is 0.835. The fraction of sp³-hybridized carbons (Fsp3) is 0.333. The van der Waals surface area contributed by atoms with Crippen LogP contribution in [-0.2, 0) is 11.3 Å². The normalized spacial score (nSPS) is 10.2. The molecule has 0 aliphatic carbocycles. The first-order chi connectivity index (χ1) is 8.56. The van der Waals surface area contributed by atoms with Crippen LogP contribution in [0.5, 0.6) is 0 Å². The lowest BCUT2D eigenvalue weighted by Crippen LogP contribution is -2.14. The van der Waals surface area contributed by atoms with Gasteiger partial charge in [0.25, 0.3) is 6.43 Å². The Balaban J connectivity index is 3.45. The third-order valence-electron chi connectivity index (χ3n) is 2.40. The van der Waals surface area contributed by atoms with Gasteiger partial charge in [-0.1, -0.05) is 0 Å². The predicted octanol–water partition coefficient (Wildman–Crippen LogP) is 2.13. The van der Waals surface area contributed by atoms with E-state index in [-0.39, 0.29) is 29.8 Å². The number of hydrogen-bond acceptors (Lipinski definition) is 4. The third-order valence-corrected chi connectivity index (χ3v) is 2.40. The van der Waals surface area contributed by atoms with Crippen molar-refractivity contribution in [2.45, 2.75) is 19.9 Å². The van der Waals surface area contributed by atoms with Crippen molar-refractivity contribution in [3.8, 4) is 6.07 Å². The molecule has 18 heavy (non-hydrogen) atoms.